The number of hydrogen-bond donors (Lipinski definition) is 0. The molecule has 0 spiro atoms. The van der Waals surface area contributed by atoms with E-state index in [0.717, 1.165) is 0 Å². The summed E-state index contributed by atoms with van der Waals surface area (Å²) in [6.45, 7) is 0. The van der Waals surface area contributed by atoms with Gasteiger partial charge in [0.05, 0.1) is 0 Å². The summed E-state index contributed by atoms with van der Waals surface area (Å²) in [5.41, 5.74) is 0. The molecule has 0 unspecified atom stereocenters. The van der Waals surface area contributed by atoms with Crippen molar-refractivity contribution in [3.05, 3.63) is 36.1 Å². The summed E-state index contributed by atoms with van der Waals surface area (Å²) < 4.78 is 11.9. The molecule has 0 N–H and O–H groups in total. The van der Waals surface area contributed by atoms with Gasteiger partial charge in [0.2, 0.25) is 0 Å². The third-order valence-corrected chi connectivity index (χ3v) is 0.678. The van der Waals surface area contributed by atoms with E-state index < -0.39 is 0 Å². The van der Waals surface area contributed by atoms with Crippen molar-refractivity contribution in [1.29, 1.82) is 0 Å². The Morgan fingerprint density at radius 3 is 1.89 bits per heavy atom. The van der Waals surface area contributed by atoms with Gasteiger partial charge in [0, 0.05) is 5.82 Å². The van der Waals surface area contributed by atoms with Crippen molar-refractivity contribution < 1.29 is 28.4 Å². The van der Waals surface area contributed by atoms with Crippen molar-refractivity contribution in [3.8, 4) is 0 Å². The summed E-state index contributed by atoms with van der Waals surface area (Å²) in [5.74, 6) is -0.209. The van der Waals surface area contributed by atoms with Crippen LogP contribution < -0.4 is 24.0 Å². The Balaban J connectivity index is 0. The maximum Gasteiger partial charge on any atom is 2.00 e. The first-order chi connectivity index (χ1) is 3.39. The summed E-state index contributed by atoms with van der Waals surface area (Å²) in [4.78, 5) is 0. The van der Waals surface area contributed by atoms with Crippen molar-refractivity contribution in [2.45, 2.75) is 0 Å². The van der Waals surface area contributed by atoms with Gasteiger partial charge in [-0.05, 0) is 0 Å². The second-order valence-electron chi connectivity index (χ2n) is 1.22. The number of hydrogen-bond acceptors (Lipinski definition) is 0. The minimum absolute atomic E-state index is 0. The Morgan fingerprint density at radius 2 is 1.67 bits per heavy atom. The smallest absolute Gasteiger partial charge is 1.00 e. The van der Waals surface area contributed by atoms with E-state index in [1.54, 1.807) is 0 Å². The van der Waals surface area contributed by atoms with Gasteiger partial charge in [-0.15, -0.1) is 12.1 Å². The van der Waals surface area contributed by atoms with Crippen LogP contribution in [0.25, 0.3) is 0 Å². The number of benzene rings is 1. The second-order valence-corrected chi connectivity index (χ2v) is 1.22. The molecule has 0 atom stereocenters. The first-order valence-electron chi connectivity index (χ1n) is 2.01. The van der Waals surface area contributed by atoms with Crippen molar-refractivity contribution >= 4 is 23.1 Å². The van der Waals surface area contributed by atoms with E-state index >= 15 is 0 Å². The molecule has 0 fully saturated rings. The van der Waals surface area contributed by atoms with Crippen LogP contribution in [0, 0.1) is 11.9 Å². The molecule has 0 saturated heterocycles. The van der Waals surface area contributed by atoms with Gasteiger partial charge in [-0.25, -0.2) is 4.39 Å². The molecule has 3 heteroatoms. The molecule has 0 saturated carbocycles. The quantitative estimate of drug-likeness (QED) is 0.289. The zero-order valence-electron chi connectivity index (χ0n) is 4.77. The van der Waals surface area contributed by atoms with Gasteiger partial charge in [-0.2, -0.15) is 18.2 Å². The van der Waals surface area contributed by atoms with E-state index in [1.165, 1.54) is 24.3 Å². The summed E-state index contributed by atoms with van der Waals surface area (Å²) in [7, 11) is 0. The topological polar surface area (TPSA) is 0 Å². The van der Waals surface area contributed by atoms with Crippen LogP contribution in [0.15, 0.2) is 24.3 Å². The molecule has 0 nitrogen and oxygen atoms in total. The fourth-order valence-corrected chi connectivity index (χ4v) is 0.367. The average Bonchev–Trinajstić information content (AvgIpc) is 1.69. The van der Waals surface area contributed by atoms with Crippen LogP contribution in [0.4, 0.5) is 4.39 Å². The Morgan fingerprint density at radius 1 is 1.22 bits per heavy atom. The normalized spacial score (nSPS) is 6.78. The Labute approximate surface area is 87.0 Å². The summed E-state index contributed by atoms with van der Waals surface area (Å²) in [5, 5.41) is 0. The molecule has 1 aromatic rings. The van der Waals surface area contributed by atoms with Gasteiger partial charge in [-0.3, -0.25) is 0 Å². The van der Waals surface area contributed by atoms with Crippen LogP contribution in [0.1, 0.15) is 0 Å². The van der Waals surface area contributed by atoms with Crippen LogP contribution in [-0.2, 0) is 0 Å². The van der Waals surface area contributed by atoms with Gasteiger partial charge >= 0.3 is 23.1 Å². The molecule has 1 aromatic carbocycles. The molecule has 44 valence electrons. The molecular weight excluding hydrogens is 242 g/mol. The monoisotopic (exact) mass is 246 g/mol. The molecule has 0 heterocycles. The third kappa shape index (κ3) is 5.11. The van der Waals surface area contributed by atoms with E-state index in [0.29, 0.717) is 0 Å². The van der Waals surface area contributed by atoms with E-state index in [-0.39, 0.29) is 52.8 Å². The molecular formula is C6H4FIMg. The van der Waals surface area contributed by atoms with Gasteiger partial charge in [0.15, 0.2) is 0 Å². The molecule has 0 aliphatic rings. The Kier molecular flexibility index (Phi) is 9.27. The van der Waals surface area contributed by atoms with Crippen LogP contribution in [0.3, 0.4) is 0 Å². The predicted molar refractivity (Wildman–Crippen MR) is 31.0 cm³/mol. The zero-order valence-corrected chi connectivity index (χ0v) is 8.34. The second kappa shape index (κ2) is 6.76. The van der Waals surface area contributed by atoms with Gasteiger partial charge < -0.3 is 24.0 Å². The number of halogens is 2. The molecule has 1 rings (SSSR count). The molecule has 0 aliphatic heterocycles. The summed E-state index contributed by atoms with van der Waals surface area (Å²) in [6.07, 6.45) is 0. The van der Waals surface area contributed by atoms with Crippen molar-refractivity contribution in [2.75, 3.05) is 0 Å². The molecule has 9 heavy (non-hydrogen) atoms. The van der Waals surface area contributed by atoms with Crippen molar-refractivity contribution in [2.24, 2.45) is 0 Å². The zero-order chi connectivity index (χ0) is 5.11. The van der Waals surface area contributed by atoms with Crippen molar-refractivity contribution in [1.82, 2.24) is 0 Å². The Hall–Kier alpha value is 0.646. The van der Waals surface area contributed by atoms with Crippen LogP contribution in [0.2, 0.25) is 0 Å². The van der Waals surface area contributed by atoms with Gasteiger partial charge in [0.1, 0.15) is 0 Å². The largest absolute Gasteiger partial charge is 2.00 e. The fraction of sp³-hybridized carbons (Fsp3) is 0. The summed E-state index contributed by atoms with van der Waals surface area (Å²) in [6, 6.07) is 8.49. The maximum absolute atomic E-state index is 11.9. The van der Waals surface area contributed by atoms with Crippen molar-refractivity contribution in [3.63, 3.8) is 0 Å². The van der Waals surface area contributed by atoms with Crippen LogP contribution in [0.5, 0.6) is 0 Å². The van der Waals surface area contributed by atoms with Gasteiger partial charge in [0.25, 0.3) is 0 Å². The first-order valence-corrected chi connectivity index (χ1v) is 2.01. The summed E-state index contributed by atoms with van der Waals surface area (Å²) >= 11 is 0. The third-order valence-electron chi connectivity index (χ3n) is 0.678. The average molecular weight is 246 g/mol. The first kappa shape index (κ1) is 12.3. The maximum atomic E-state index is 11.9. The van der Waals surface area contributed by atoms with Gasteiger partial charge in [-0.1, -0.05) is 0 Å². The predicted octanol–water partition coefficient (Wildman–Crippen LogP) is -1.75. The van der Waals surface area contributed by atoms with E-state index in [9.17, 15) is 4.39 Å². The molecule has 0 aliphatic carbocycles. The Bertz CT molecular complexity index is 143. The molecule has 0 bridgehead atoms. The SMILES string of the molecule is Fc1cc[c-]cc1.[I-].[Mg+2]. The van der Waals surface area contributed by atoms with Crippen LogP contribution >= 0.6 is 0 Å². The molecule has 0 radical (unpaired) electrons. The standard InChI is InChI=1S/C6H4F.HI.Mg/c7-6-4-2-1-3-5-6;;/h2-5H;1H;/q-1;;+2/p-1. The molecule has 0 amide bonds. The minimum Gasteiger partial charge on any atom is -1.00 e. The minimum atomic E-state index is -0.209. The van der Waals surface area contributed by atoms with E-state index in [2.05, 4.69) is 6.07 Å². The fourth-order valence-electron chi connectivity index (χ4n) is 0.367. The molecule has 0 aromatic heterocycles. The van der Waals surface area contributed by atoms with E-state index in [1.807, 2.05) is 0 Å². The number of rotatable bonds is 0. The van der Waals surface area contributed by atoms with Crippen LogP contribution in [-0.4, -0.2) is 23.1 Å². The van der Waals surface area contributed by atoms with E-state index in [4.69, 9.17) is 0 Å².